The van der Waals surface area contributed by atoms with Crippen LogP contribution in [0, 0.1) is 5.92 Å². The molecule has 36 heavy (non-hydrogen) atoms. The smallest absolute Gasteiger partial charge is 0.418 e. The summed E-state index contributed by atoms with van der Waals surface area (Å²) in [6.07, 6.45) is 1.06. The van der Waals surface area contributed by atoms with Crippen molar-refractivity contribution >= 4 is 47.0 Å². The number of thioether (sulfide) groups is 1. The summed E-state index contributed by atoms with van der Waals surface area (Å²) in [6.45, 7) is 17.8. The average Bonchev–Trinajstić information content (AvgIpc) is 2.75. The van der Waals surface area contributed by atoms with Crippen molar-refractivity contribution in [3.63, 3.8) is 0 Å². The first-order valence-electron chi connectivity index (χ1n) is 12.1. The maximum Gasteiger partial charge on any atom is 0.418 e. The van der Waals surface area contributed by atoms with E-state index in [0.717, 1.165) is 10.5 Å². The molecule has 1 aromatic heterocycles. The van der Waals surface area contributed by atoms with Gasteiger partial charge in [0.25, 0.3) is 0 Å². The molecule has 3 atom stereocenters. The number of carbonyl (C=O) groups excluding carboxylic acids is 1. The van der Waals surface area contributed by atoms with Crippen molar-refractivity contribution in [1.29, 1.82) is 0 Å². The van der Waals surface area contributed by atoms with Gasteiger partial charge in [0.05, 0.1) is 17.4 Å². The number of carbonyl (C=O) groups is 1. The Morgan fingerprint density at radius 1 is 1.31 bits per heavy atom. The van der Waals surface area contributed by atoms with Gasteiger partial charge in [-0.05, 0) is 62.7 Å². The predicted octanol–water partition coefficient (Wildman–Crippen LogP) is 7.08. The summed E-state index contributed by atoms with van der Waals surface area (Å²) >= 11 is 4.73. The molecule has 0 aliphatic carbocycles. The maximum absolute atomic E-state index is 14.7. The number of pyridine rings is 1. The first-order chi connectivity index (χ1) is 16.5. The number of hydrogen-bond donors (Lipinski definition) is 0. The number of nitrogens with zero attached hydrogens (tertiary/aromatic N) is 3. The summed E-state index contributed by atoms with van der Waals surface area (Å²) in [6, 6.07) is 2.84. The zero-order chi connectivity index (χ0) is 27.5. The minimum atomic E-state index is -1.33. The number of aliphatic imine (C=N–C) groups is 1. The Morgan fingerprint density at radius 2 is 1.94 bits per heavy atom. The zero-order valence-corrected chi connectivity index (χ0v) is 26.6. The third-order valence-electron chi connectivity index (χ3n) is 6.29. The fraction of sp³-hybridized carbons (Fsp3) is 0.720. The predicted molar refractivity (Wildman–Crippen MR) is 151 cm³/mol. The second kappa shape index (κ2) is 11.7. The van der Waals surface area contributed by atoms with E-state index in [2.05, 4.69) is 40.6 Å². The molecule has 1 unspecified atom stereocenters. The Balaban J connectivity index is 2.60. The number of aromatic nitrogens is 1. The molecular weight excluding hydrogens is 565 g/mol. The average molecular weight is 607 g/mol. The van der Waals surface area contributed by atoms with Crippen LogP contribution in [-0.4, -0.2) is 66.7 Å². The second-order valence-corrected chi connectivity index (χ2v) is 19.8. The Labute approximate surface area is 229 Å². The lowest BCUT2D eigenvalue weighted by Gasteiger charge is -2.48. The fourth-order valence-corrected chi connectivity index (χ4v) is 6.19. The largest absolute Gasteiger partial charge is 0.481 e. The van der Waals surface area contributed by atoms with Gasteiger partial charge in [-0.3, -0.25) is 4.99 Å². The van der Waals surface area contributed by atoms with Gasteiger partial charge in [0, 0.05) is 36.8 Å². The molecular formula is C25H41BrFN3O4SSi. The standard InChI is InChI=1S/C25H41BrFN3O4SSi/c1-17-24(5,15-27)35-21(29-25(17,6)19-13-18(26)14-28-20(19)32-7)30(22(31)34-23(2,3)4)16-33-11-12-36(8,9)10/h13-14,17H,11-12,15-16H2,1-10H3/t17?,24-,25+/m1/s1. The van der Waals surface area contributed by atoms with Gasteiger partial charge < -0.3 is 14.2 Å². The molecule has 0 bridgehead atoms. The van der Waals surface area contributed by atoms with Crippen LogP contribution in [0.1, 0.15) is 47.1 Å². The third kappa shape index (κ3) is 7.67. The van der Waals surface area contributed by atoms with Crippen LogP contribution in [0.5, 0.6) is 5.88 Å². The number of amides is 1. The molecule has 0 radical (unpaired) electrons. The number of hydrogen-bond acceptors (Lipinski definition) is 7. The van der Waals surface area contributed by atoms with E-state index in [1.807, 2.05) is 26.8 Å². The molecule has 1 amide bonds. The highest BCUT2D eigenvalue weighted by Crippen LogP contribution is 2.52. The summed E-state index contributed by atoms with van der Waals surface area (Å²) < 4.78 is 31.8. The highest BCUT2D eigenvalue weighted by atomic mass is 79.9. The van der Waals surface area contributed by atoms with Gasteiger partial charge in [-0.25, -0.2) is 19.1 Å². The number of amidine groups is 1. The van der Waals surface area contributed by atoms with Gasteiger partial charge >= 0.3 is 6.09 Å². The highest BCUT2D eigenvalue weighted by Gasteiger charge is 2.52. The quantitative estimate of drug-likeness (QED) is 0.179. The van der Waals surface area contributed by atoms with Crippen molar-refractivity contribution < 1.29 is 23.4 Å². The van der Waals surface area contributed by atoms with Crippen LogP contribution in [0.25, 0.3) is 0 Å². The van der Waals surface area contributed by atoms with Crippen molar-refractivity contribution in [3.05, 3.63) is 22.3 Å². The lowest BCUT2D eigenvalue weighted by Crippen LogP contribution is -2.52. The van der Waals surface area contributed by atoms with Gasteiger partial charge in [-0.2, -0.15) is 0 Å². The van der Waals surface area contributed by atoms with Crippen molar-refractivity contribution in [1.82, 2.24) is 9.88 Å². The lowest BCUT2D eigenvalue weighted by atomic mass is 9.74. The molecule has 0 spiro atoms. The van der Waals surface area contributed by atoms with Crippen LogP contribution in [0.4, 0.5) is 9.18 Å². The number of halogens is 2. The highest BCUT2D eigenvalue weighted by molar-refractivity contribution is 9.10. The molecule has 11 heteroatoms. The summed E-state index contributed by atoms with van der Waals surface area (Å²) in [5.41, 5.74) is -0.958. The zero-order valence-electron chi connectivity index (χ0n) is 23.2. The van der Waals surface area contributed by atoms with Crippen LogP contribution in [0.15, 0.2) is 21.7 Å². The maximum atomic E-state index is 14.7. The summed E-state index contributed by atoms with van der Waals surface area (Å²) in [5, 5.41) is 0.347. The Bertz CT molecular complexity index is 972. The Kier molecular flexibility index (Phi) is 10.1. The van der Waals surface area contributed by atoms with Crippen molar-refractivity contribution in [3.8, 4) is 5.88 Å². The number of alkyl halides is 1. The molecule has 0 fully saturated rings. The summed E-state index contributed by atoms with van der Waals surface area (Å²) in [7, 11) is 0.220. The molecule has 0 saturated carbocycles. The van der Waals surface area contributed by atoms with Crippen molar-refractivity contribution in [2.75, 3.05) is 27.1 Å². The van der Waals surface area contributed by atoms with E-state index in [9.17, 15) is 9.18 Å². The first-order valence-corrected chi connectivity index (χ1v) is 17.4. The van der Waals surface area contributed by atoms with E-state index in [1.54, 1.807) is 34.1 Å². The molecule has 7 nitrogen and oxygen atoms in total. The van der Waals surface area contributed by atoms with Crippen LogP contribution in [0.3, 0.4) is 0 Å². The normalized spacial score (nSPS) is 24.8. The van der Waals surface area contributed by atoms with Crippen LogP contribution < -0.4 is 4.74 Å². The van der Waals surface area contributed by atoms with E-state index in [-0.39, 0.29) is 12.6 Å². The molecule has 2 rings (SSSR count). The third-order valence-corrected chi connectivity index (χ3v) is 9.86. The van der Waals surface area contributed by atoms with E-state index >= 15 is 0 Å². The molecule has 2 heterocycles. The first kappa shape index (κ1) is 31.0. The Hall–Kier alpha value is -1.17. The minimum absolute atomic E-state index is 0.0358. The van der Waals surface area contributed by atoms with E-state index in [1.165, 1.54) is 16.7 Å². The van der Waals surface area contributed by atoms with Crippen LogP contribution in [0.2, 0.25) is 25.7 Å². The summed E-state index contributed by atoms with van der Waals surface area (Å²) in [4.78, 5) is 24.2. The van der Waals surface area contributed by atoms with Crippen LogP contribution >= 0.6 is 27.7 Å². The monoisotopic (exact) mass is 605 g/mol. The molecule has 1 aliphatic heterocycles. The molecule has 1 aliphatic rings. The fourth-order valence-electron chi connectivity index (χ4n) is 3.75. The topological polar surface area (TPSA) is 73.3 Å². The minimum Gasteiger partial charge on any atom is -0.481 e. The van der Waals surface area contributed by atoms with E-state index in [4.69, 9.17) is 19.2 Å². The van der Waals surface area contributed by atoms with E-state index in [0.29, 0.717) is 23.2 Å². The second-order valence-electron chi connectivity index (χ2n) is 11.8. The SMILES string of the molecule is COc1ncc(Br)cc1[C@@]1(C)N=C(N(COCC[Si](C)(C)C)C(=O)OC(C)(C)C)S[C@](C)(CF)C1C. The van der Waals surface area contributed by atoms with Gasteiger partial charge in [0.2, 0.25) is 5.88 Å². The molecule has 1 aromatic rings. The molecule has 204 valence electrons. The Morgan fingerprint density at radius 3 is 2.47 bits per heavy atom. The van der Waals surface area contributed by atoms with Crippen LogP contribution in [-0.2, 0) is 15.0 Å². The van der Waals surface area contributed by atoms with Crippen molar-refractivity contribution in [2.45, 2.75) is 83.1 Å². The molecule has 0 saturated heterocycles. The number of methoxy groups -OCH3 is 1. The van der Waals surface area contributed by atoms with Crippen molar-refractivity contribution in [2.24, 2.45) is 10.9 Å². The molecule has 0 aromatic carbocycles. The molecule has 0 N–H and O–H groups in total. The van der Waals surface area contributed by atoms with Gasteiger partial charge in [0.1, 0.15) is 19.0 Å². The van der Waals surface area contributed by atoms with E-state index < -0.39 is 36.7 Å². The summed E-state index contributed by atoms with van der Waals surface area (Å²) in [5.74, 6) is 0.140. The van der Waals surface area contributed by atoms with Gasteiger partial charge in [-0.15, -0.1) is 0 Å². The van der Waals surface area contributed by atoms with Gasteiger partial charge in [-0.1, -0.05) is 38.3 Å². The van der Waals surface area contributed by atoms with Gasteiger partial charge in [0.15, 0.2) is 5.17 Å². The number of rotatable bonds is 8. The lowest BCUT2D eigenvalue weighted by molar-refractivity contribution is 0.0108. The number of ether oxygens (including phenoxy) is 3.